The first-order valence-corrected chi connectivity index (χ1v) is 16.3. The van der Waals surface area contributed by atoms with Crippen molar-refractivity contribution in [2.24, 2.45) is 52.3 Å². The Morgan fingerprint density at radius 2 is 1.63 bits per heavy atom. The largest absolute Gasteiger partial charge is 0.458 e. The summed E-state index contributed by atoms with van der Waals surface area (Å²) in [6.07, 6.45) is 12.5. The first-order valence-electron chi connectivity index (χ1n) is 16.3. The number of benzene rings is 1. The number of carbonyl (C=O) groups is 2. The molecule has 6 rings (SSSR count). The minimum Gasteiger partial charge on any atom is -0.458 e. The minimum absolute atomic E-state index is 0.0338. The van der Waals surface area contributed by atoms with Gasteiger partial charge < -0.3 is 14.2 Å². The number of rotatable bonds is 6. The van der Waals surface area contributed by atoms with Gasteiger partial charge in [0.05, 0.1) is 18.8 Å². The molecule has 0 radical (unpaired) electrons. The number of allylic oxidation sites excluding steroid dienone is 2. The predicted molar refractivity (Wildman–Crippen MR) is 159 cm³/mol. The van der Waals surface area contributed by atoms with Crippen LogP contribution in [0.4, 0.5) is 0 Å². The molecule has 1 saturated heterocycles. The summed E-state index contributed by atoms with van der Waals surface area (Å²) in [5.74, 6) is 2.32. The molecule has 9 atom stereocenters. The summed E-state index contributed by atoms with van der Waals surface area (Å²) in [6, 6.07) is 9.50. The van der Waals surface area contributed by atoms with Crippen LogP contribution in [0.3, 0.4) is 0 Å². The third-order valence-corrected chi connectivity index (χ3v) is 12.6. The summed E-state index contributed by atoms with van der Waals surface area (Å²) in [6.45, 7) is 12.7. The molecule has 5 heteroatoms. The highest BCUT2D eigenvalue weighted by molar-refractivity contribution is 5.91. The normalized spacial score (nSPS) is 40.2. The van der Waals surface area contributed by atoms with Gasteiger partial charge in [0.25, 0.3) is 0 Å². The highest BCUT2D eigenvalue weighted by atomic mass is 16.7. The van der Waals surface area contributed by atoms with E-state index in [-0.39, 0.29) is 34.6 Å². The lowest BCUT2D eigenvalue weighted by atomic mass is 9.43. The Balaban J connectivity index is 1.30. The topological polar surface area (TPSA) is 61.8 Å². The van der Waals surface area contributed by atoms with Crippen molar-refractivity contribution in [2.45, 2.75) is 97.9 Å². The van der Waals surface area contributed by atoms with Gasteiger partial charge in [0.2, 0.25) is 0 Å². The third kappa shape index (κ3) is 5.03. The summed E-state index contributed by atoms with van der Waals surface area (Å²) in [5.41, 5.74) is 1.02. The highest BCUT2D eigenvalue weighted by Gasteiger charge is 2.65. The predicted octanol–water partition coefficient (Wildman–Crippen LogP) is 7.64. The molecule has 1 aromatic rings. The zero-order valence-corrected chi connectivity index (χ0v) is 25.8. The molecule has 0 amide bonds. The van der Waals surface area contributed by atoms with Crippen molar-refractivity contribution in [1.82, 2.24) is 0 Å². The Bertz CT molecular complexity index is 1150. The number of esters is 1. The van der Waals surface area contributed by atoms with Crippen LogP contribution in [-0.2, 0) is 19.0 Å². The molecule has 1 heterocycles. The lowest BCUT2D eigenvalue weighted by molar-refractivity contribution is -0.242. The number of fused-ring (bicyclic) bond motifs is 5. The molecule has 1 aliphatic heterocycles. The molecule has 41 heavy (non-hydrogen) atoms. The van der Waals surface area contributed by atoms with Gasteiger partial charge in [0.15, 0.2) is 11.6 Å². The zero-order chi connectivity index (χ0) is 29.0. The van der Waals surface area contributed by atoms with Gasteiger partial charge in [-0.3, -0.25) is 4.79 Å². The maximum atomic E-state index is 13.5. The van der Waals surface area contributed by atoms with E-state index in [0.717, 1.165) is 25.7 Å². The number of ether oxygens (including phenoxy) is 3. The fourth-order valence-corrected chi connectivity index (χ4v) is 10.3. The number of hydrogen-bond donors (Lipinski definition) is 0. The van der Waals surface area contributed by atoms with Gasteiger partial charge in [-0.2, -0.15) is 0 Å². The standard InChI is InChI=1S/C36H50O5/c1-23(2)30(37)14-11-24(3)27-12-13-28-32-29(15-16-35(27,28)5)34(4)17-18-36(39-19-20-40-36)22-26(34)21-31(32)41-33(38)25-9-7-6-8-10-25/h6-11,14,23-24,26-29,31-32H,12-13,15-22H2,1-5H3/b14-11+/t24-,26+,27-,28+,29+,31-,32+,34+,35-/m1/s1. The van der Waals surface area contributed by atoms with Crippen LogP contribution < -0.4 is 0 Å². The van der Waals surface area contributed by atoms with Gasteiger partial charge in [-0.05, 0) is 97.2 Å². The van der Waals surface area contributed by atoms with Crippen molar-refractivity contribution in [1.29, 1.82) is 0 Å². The van der Waals surface area contributed by atoms with Crippen LogP contribution in [0.2, 0.25) is 0 Å². The Hall–Kier alpha value is -1.98. The Morgan fingerprint density at radius 3 is 2.34 bits per heavy atom. The van der Waals surface area contributed by atoms with E-state index in [1.54, 1.807) is 0 Å². The van der Waals surface area contributed by atoms with Gasteiger partial charge in [-0.15, -0.1) is 0 Å². The van der Waals surface area contributed by atoms with E-state index in [1.807, 2.05) is 50.3 Å². The second-order valence-electron chi connectivity index (χ2n) is 14.9. The van der Waals surface area contributed by atoms with E-state index < -0.39 is 5.79 Å². The van der Waals surface area contributed by atoms with Crippen LogP contribution in [-0.4, -0.2) is 36.9 Å². The van der Waals surface area contributed by atoms with Crippen molar-refractivity contribution >= 4 is 11.8 Å². The molecule has 0 aromatic heterocycles. The second kappa shape index (κ2) is 10.9. The molecule has 5 fully saturated rings. The highest BCUT2D eigenvalue weighted by Crippen LogP contribution is 2.69. The van der Waals surface area contributed by atoms with Crippen LogP contribution in [0.15, 0.2) is 42.5 Å². The van der Waals surface area contributed by atoms with Crippen molar-refractivity contribution < 1.29 is 23.8 Å². The van der Waals surface area contributed by atoms with E-state index >= 15 is 0 Å². The molecular weight excluding hydrogens is 512 g/mol. The summed E-state index contributed by atoms with van der Waals surface area (Å²) >= 11 is 0. The third-order valence-electron chi connectivity index (χ3n) is 12.6. The lowest BCUT2D eigenvalue weighted by Gasteiger charge is -2.63. The van der Waals surface area contributed by atoms with Gasteiger partial charge in [0, 0.05) is 24.7 Å². The average Bonchev–Trinajstić information content (AvgIpc) is 3.56. The fraction of sp³-hybridized carbons (Fsp3) is 0.722. The van der Waals surface area contributed by atoms with Crippen molar-refractivity contribution in [3.63, 3.8) is 0 Å². The van der Waals surface area contributed by atoms with Crippen molar-refractivity contribution in [3.8, 4) is 0 Å². The van der Waals surface area contributed by atoms with E-state index in [9.17, 15) is 9.59 Å². The SMILES string of the molecule is CC(C)C(=O)/C=C/[C@@H](C)[C@H]1CC[C@H]2[C@@H]3[C@H](OC(=O)c4ccccc4)C[C@H]4CC5(CC[C@]4(C)[C@H]3CC[C@]12C)OCCO5. The molecule has 0 bridgehead atoms. The molecule has 1 spiro atoms. The molecule has 1 aromatic carbocycles. The van der Waals surface area contributed by atoms with Gasteiger partial charge >= 0.3 is 5.97 Å². The minimum atomic E-state index is -0.443. The fourth-order valence-electron chi connectivity index (χ4n) is 10.3. The summed E-state index contributed by atoms with van der Waals surface area (Å²) < 4.78 is 19.0. The molecule has 5 aliphatic rings. The molecule has 4 saturated carbocycles. The second-order valence-corrected chi connectivity index (χ2v) is 14.9. The summed E-state index contributed by atoms with van der Waals surface area (Å²) in [5, 5.41) is 0. The maximum absolute atomic E-state index is 13.5. The van der Waals surface area contributed by atoms with Gasteiger partial charge in [-0.25, -0.2) is 4.79 Å². The molecule has 0 unspecified atom stereocenters. The van der Waals surface area contributed by atoms with Crippen molar-refractivity contribution in [2.75, 3.05) is 13.2 Å². The quantitative estimate of drug-likeness (QED) is 0.263. The first-order chi connectivity index (χ1) is 19.6. The Morgan fingerprint density at radius 1 is 0.927 bits per heavy atom. The average molecular weight is 563 g/mol. The van der Waals surface area contributed by atoms with E-state index in [0.29, 0.717) is 54.3 Å². The van der Waals surface area contributed by atoms with Gasteiger partial charge in [0.1, 0.15) is 6.10 Å². The molecule has 0 N–H and O–H groups in total. The van der Waals surface area contributed by atoms with Crippen LogP contribution in [0.1, 0.15) is 96.3 Å². The number of ketones is 1. The zero-order valence-electron chi connectivity index (χ0n) is 25.8. The monoisotopic (exact) mass is 562 g/mol. The van der Waals surface area contributed by atoms with E-state index in [4.69, 9.17) is 14.2 Å². The van der Waals surface area contributed by atoms with E-state index in [2.05, 4.69) is 26.8 Å². The Labute approximate surface area is 246 Å². The first kappa shape index (κ1) is 29.1. The lowest BCUT2D eigenvalue weighted by Crippen LogP contribution is -2.60. The van der Waals surface area contributed by atoms with Crippen molar-refractivity contribution in [3.05, 3.63) is 48.0 Å². The van der Waals surface area contributed by atoms with Crippen LogP contribution in [0.5, 0.6) is 0 Å². The number of carbonyl (C=O) groups excluding carboxylic acids is 2. The van der Waals surface area contributed by atoms with Crippen LogP contribution in [0, 0.1) is 52.3 Å². The summed E-state index contributed by atoms with van der Waals surface area (Å²) in [4.78, 5) is 25.9. The summed E-state index contributed by atoms with van der Waals surface area (Å²) in [7, 11) is 0. The van der Waals surface area contributed by atoms with E-state index in [1.165, 1.54) is 25.7 Å². The Kier molecular flexibility index (Phi) is 7.77. The number of hydrogen-bond acceptors (Lipinski definition) is 5. The molecular formula is C36H50O5. The smallest absolute Gasteiger partial charge is 0.338 e. The molecule has 4 aliphatic carbocycles. The van der Waals surface area contributed by atoms with Gasteiger partial charge in [-0.1, -0.05) is 58.9 Å². The van der Waals surface area contributed by atoms with Crippen LogP contribution in [0.25, 0.3) is 0 Å². The molecule has 224 valence electrons. The van der Waals surface area contributed by atoms with Crippen LogP contribution >= 0.6 is 0 Å². The molecule has 5 nitrogen and oxygen atoms in total. The maximum Gasteiger partial charge on any atom is 0.338 e.